The number of aromatic nitrogens is 3. The van der Waals surface area contributed by atoms with Crippen LogP contribution in [-0.4, -0.2) is 22.4 Å². The highest BCUT2D eigenvalue weighted by Crippen LogP contribution is 2.32. The standard InChI is InChI=1S/C16H7BF3N3OS2/c17-9-3-1-8(2-4-9)11-7-26-15(22-11)23-13(24)10-5-25-6-12(10)21-14(23)16(18,19)20/h1-7H. The first kappa shape index (κ1) is 17.0. The quantitative estimate of drug-likeness (QED) is 0.494. The lowest BCUT2D eigenvalue weighted by Gasteiger charge is -2.12. The molecular weight excluding hydrogens is 382 g/mol. The Kier molecular flexibility index (Phi) is 3.96. The number of benzene rings is 1. The Morgan fingerprint density at radius 3 is 2.46 bits per heavy atom. The maximum atomic E-state index is 13.5. The van der Waals surface area contributed by atoms with Crippen molar-refractivity contribution in [2.24, 2.45) is 0 Å². The molecule has 3 aromatic heterocycles. The summed E-state index contributed by atoms with van der Waals surface area (Å²) in [5.41, 5.74) is 0.941. The third-order valence-corrected chi connectivity index (χ3v) is 5.21. The van der Waals surface area contributed by atoms with Gasteiger partial charge in [0.05, 0.1) is 16.6 Å². The normalized spacial score (nSPS) is 12.0. The third kappa shape index (κ3) is 2.84. The molecule has 0 aliphatic heterocycles. The Labute approximate surface area is 154 Å². The molecule has 0 spiro atoms. The van der Waals surface area contributed by atoms with Crippen LogP contribution in [0.3, 0.4) is 0 Å². The first-order valence-electron chi connectivity index (χ1n) is 7.22. The van der Waals surface area contributed by atoms with Gasteiger partial charge >= 0.3 is 6.18 Å². The Morgan fingerprint density at radius 2 is 1.77 bits per heavy atom. The minimum absolute atomic E-state index is 0.0267. The van der Waals surface area contributed by atoms with E-state index in [-0.39, 0.29) is 16.0 Å². The lowest BCUT2D eigenvalue weighted by molar-refractivity contribution is -0.146. The van der Waals surface area contributed by atoms with Crippen LogP contribution in [0.15, 0.2) is 45.2 Å². The van der Waals surface area contributed by atoms with Gasteiger partial charge in [0, 0.05) is 21.7 Å². The molecule has 0 unspecified atom stereocenters. The van der Waals surface area contributed by atoms with Crippen molar-refractivity contribution in [3.05, 3.63) is 56.6 Å². The summed E-state index contributed by atoms with van der Waals surface area (Å²) in [4.78, 5) is 20.5. The van der Waals surface area contributed by atoms with Crippen molar-refractivity contribution in [1.82, 2.24) is 14.5 Å². The number of alkyl halides is 3. The van der Waals surface area contributed by atoms with E-state index < -0.39 is 17.6 Å². The highest BCUT2D eigenvalue weighted by Gasteiger charge is 2.38. The molecule has 0 amide bonds. The zero-order valence-electron chi connectivity index (χ0n) is 12.8. The Hall–Kier alpha value is -2.46. The summed E-state index contributed by atoms with van der Waals surface area (Å²) in [6, 6.07) is 6.76. The van der Waals surface area contributed by atoms with Crippen LogP contribution in [0.5, 0.6) is 0 Å². The molecule has 128 valence electrons. The number of rotatable bonds is 2. The minimum atomic E-state index is -4.79. The molecule has 0 saturated carbocycles. The summed E-state index contributed by atoms with van der Waals surface area (Å²) in [5, 5.41) is 4.53. The van der Waals surface area contributed by atoms with Crippen LogP contribution >= 0.6 is 22.7 Å². The van der Waals surface area contributed by atoms with E-state index in [4.69, 9.17) is 7.85 Å². The van der Waals surface area contributed by atoms with E-state index in [1.54, 1.807) is 29.6 Å². The van der Waals surface area contributed by atoms with Gasteiger partial charge in [0.15, 0.2) is 5.13 Å². The predicted octanol–water partition coefficient (Wildman–Crippen LogP) is 3.38. The molecule has 3 heterocycles. The van der Waals surface area contributed by atoms with Crippen LogP contribution in [0.2, 0.25) is 0 Å². The van der Waals surface area contributed by atoms with Crippen LogP contribution < -0.4 is 11.0 Å². The van der Waals surface area contributed by atoms with E-state index in [1.807, 2.05) is 0 Å². The number of thiophene rings is 1. The van der Waals surface area contributed by atoms with Crippen LogP contribution in [0, 0.1) is 0 Å². The predicted molar refractivity (Wildman–Crippen MR) is 96.7 cm³/mol. The van der Waals surface area contributed by atoms with E-state index in [1.165, 1.54) is 10.8 Å². The topological polar surface area (TPSA) is 47.8 Å². The second-order valence-electron chi connectivity index (χ2n) is 5.38. The lowest BCUT2D eigenvalue weighted by atomic mass is 9.95. The first-order valence-corrected chi connectivity index (χ1v) is 9.05. The largest absolute Gasteiger partial charge is 0.450 e. The molecule has 0 saturated heterocycles. The van der Waals surface area contributed by atoms with Crippen molar-refractivity contribution in [2.75, 3.05) is 0 Å². The van der Waals surface area contributed by atoms with Gasteiger partial charge in [0.2, 0.25) is 5.82 Å². The molecule has 4 aromatic rings. The molecule has 0 aliphatic carbocycles. The molecule has 0 fully saturated rings. The van der Waals surface area contributed by atoms with Gasteiger partial charge in [-0.2, -0.15) is 13.2 Å². The molecule has 26 heavy (non-hydrogen) atoms. The van der Waals surface area contributed by atoms with Gasteiger partial charge in [-0.25, -0.2) is 14.5 Å². The number of hydrogen-bond donors (Lipinski definition) is 0. The monoisotopic (exact) mass is 389 g/mol. The molecule has 0 bridgehead atoms. The van der Waals surface area contributed by atoms with Crippen LogP contribution in [0.4, 0.5) is 13.2 Å². The zero-order chi connectivity index (χ0) is 18.5. The molecular formula is C16H7BF3N3OS2. The van der Waals surface area contributed by atoms with E-state index in [0.717, 1.165) is 22.7 Å². The fraction of sp³-hybridized carbons (Fsp3) is 0.0625. The van der Waals surface area contributed by atoms with Crippen molar-refractivity contribution in [1.29, 1.82) is 0 Å². The highest BCUT2D eigenvalue weighted by molar-refractivity contribution is 7.12. The average Bonchev–Trinajstić information content (AvgIpc) is 3.23. The number of thiazole rings is 1. The Morgan fingerprint density at radius 1 is 1.04 bits per heavy atom. The number of halogens is 3. The second kappa shape index (κ2) is 6.06. The number of fused-ring (bicyclic) bond motifs is 1. The Balaban J connectivity index is 1.93. The molecule has 4 rings (SSSR count). The third-order valence-electron chi connectivity index (χ3n) is 3.66. The molecule has 4 nitrogen and oxygen atoms in total. The summed E-state index contributed by atoms with van der Waals surface area (Å²) in [6.45, 7) is 0. The SMILES string of the molecule is [B]c1ccc(-c2csc(-n3c(C(F)(F)F)nc4cscc4c3=O)n2)cc1. The molecule has 2 radical (unpaired) electrons. The number of nitrogens with zero attached hydrogens (tertiary/aromatic N) is 3. The van der Waals surface area contributed by atoms with E-state index in [2.05, 4.69) is 9.97 Å². The maximum absolute atomic E-state index is 13.5. The summed E-state index contributed by atoms with van der Waals surface area (Å²) in [7, 11) is 5.64. The van der Waals surface area contributed by atoms with Gasteiger partial charge in [-0.3, -0.25) is 4.79 Å². The smallest absolute Gasteiger partial charge is 0.268 e. The fourth-order valence-electron chi connectivity index (χ4n) is 2.44. The van der Waals surface area contributed by atoms with E-state index >= 15 is 0 Å². The Bertz CT molecular complexity index is 1160. The average molecular weight is 389 g/mol. The summed E-state index contributed by atoms with van der Waals surface area (Å²) >= 11 is 2.06. The lowest BCUT2D eigenvalue weighted by Crippen LogP contribution is -2.28. The van der Waals surface area contributed by atoms with Gasteiger partial charge < -0.3 is 0 Å². The van der Waals surface area contributed by atoms with Crippen molar-refractivity contribution in [3.63, 3.8) is 0 Å². The van der Waals surface area contributed by atoms with Gasteiger partial charge in [0.25, 0.3) is 5.56 Å². The van der Waals surface area contributed by atoms with Crippen LogP contribution in [-0.2, 0) is 6.18 Å². The molecule has 0 atom stereocenters. The number of hydrogen-bond acceptors (Lipinski definition) is 5. The van der Waals surface area contributed by atoms with Crippen LogP contribution in [0.25, 0.3) is 27.3 Å². The molecule has 10 heteroatoms. The van der Waals surface area contributed by atoms with E-state index in [0.29, 0.717) is 21.3 Å². The highest BCUT2D eigenvalue weighted by atomic mass is 32.1. The van der Waals surface area contributed by atoms with Crippen molar-refractivity contribution >= 4 is 46.9 Å². The van der Waals surface area contributed by atoms with Crippen molar-refractivity contribution < 1.29 is 13.2 Å². The van der Waals surface area contributed by atoms with Gasteiger partial charge in [-0.1, -0.05) is 29.7 Å². The zero-order valence-corrected chi connectivity index (χ0v) is 14.5. The van der Waals surface area contributed by atoms with Crippen molar-refractivity contribution in [3.8, 4) is 16.4 Å². The molecule has 0 aliphatic rings. The maximum Gasteiger partial charge on any atom is 0.450 e. The second-order valence-corrected chi connectivity index (χ2v) is 6.96. The first-order chi connectivity index (χ1) is 12.3. The summed E-state index contributed by atoms with van der Waals surface area (Å²) < 4.78 is 40.9. The fourth-order valence-corrected chi connectivity index (χ4v) is 4.00. The van der Waals surface area contributed by atoms with Crippen LogP contribution in [0.1, 0.15) is 5.82 Å². The molecule has 1 aromatic carbocycles. The summed E-state index contributed by atoms with van der Waals surface area (Å²) in [6.07, 6.45) is -4.79. The van der Waals surface area contributed by atoms with Gasteiger partial charge in [-0.15, -0.1) is 22.7 Å². The van der Waals surface area contributed by atoms with E-state index in [9.17, 15) is 18.0 Å². The van der Waals surface area contributed by atoms with Gasteiger partial charge in [0.1, 0.15) is 7.85 Å². The summed E-state index contributed by atoms with van der Waals surface area (Å²) in [5.74, 6) is -1.29. The van der Waals surface area contributed by atoms with Gasteiger partial charge in [-0.05, 0) is 0 Å². The molecule has 0 N–H and O–H groups in total. The minimum Gasteiger partial charge on any atom is -0.268 e. The van der Waals surface area contributed by atoms with Crippen molar-refractivity contribution in [2.45, 2.75) is 6.18 Å².